The number of amides is 1. The number of aliphatic carboxylic acids is 1. The molecule has 1 aromatic carbocycles. The summed E-state index contributed by atoms with van der Waals surface area (Å²) >= 11 is 0. The largest absolute Gasteiger partial charge is 0.480 e. The lowest BCUT2D eigenvalue weighted by molar-refractivity contribution is -0.384. The van der Waals surface area contributed by atoms with Gasteiger partial charge in [0.15, 0.2) is 6.04 Å². The smallest absolute Gasteiger partial charge is 0.328 e. The molecule has 0 radical (unpaired) electrons. The lowest BCUT2D eigenvalue weighted by Crippen LogP contribution is -2.43. The summed E-state index contributed by atoms with van der Waals surface area (Å²) < 4.78 is 13.3. The average molecular weight is 272 g/mol. The summed E-state index contributed by atoms with van der Waals surface area (Å²) in [4.78, 5) is 31.8. The van der Waals surface area contributed by atoms with Crippen LogP contribution in [0.5, 0.6) is 0 Å². The molecule has 1 atom stereocenters. The Morgan fingerprint density at radius 3 is 2.58 bits per heavy atom. The number of non-ortho nitro benzene ring substituents is 1. The predicted octanol–water partition coefficient (Wildman–Crippen LogP) is -0.0908. The van der Waals surface area contributed by atoms with E-state index in [1.807, 2.05) is 5.32 Å². The van der Waals surface area contributed by atoms with Gasteiger partial charge in [-0.05, 0) is 6.07 Å². The molecule has 0 saturated heterocycles. The SMILES string of the molecule is O=C(N[C@@H](CO)C(=O)O)c1cc([N+](=O)[O-])ccc1F. The first-order valence-electron chi connectivity index (χ1n) is 4.95. The van der Waals surface area contributed by atoms with Crippen molar-refractivity contribution < 1.29 is 29.1 Å². The van der Waals surface area contributed by atoms with Crippen molar-refractivity contribution in [3.63, 3.8) is 0 Å². The van der Waals surface area contributed by atoms with E-state index in [-0.39, 0.29) is 0 Å². The number of aliphatic hydroxyl groups is 1. The number of hydrogen-bond acceptors (Lipinski definition) is 5. The summed E-state index contributed by atoms with van der Waals surface area (Å²) in [7, 11) is 0. The van der Waals surface area contributed by atoms with Crippen LogP contribution in [0.25, 0.3) is 0 Å². The predicted molar refractivity (Wildman–Crippen MR) is 59.0 cm³/mol. The second-order valence-corrected chi connectivity index (χ2v) is 3.47. The lowest BCUT2D eigenvalue weighted by atomic mass is 10.1. The van der Waals surface area contributed by atoms with Crippen molar-refractivity contribution >= 4 is 17.6 Å². The molecule has 0 heterocycles. The van der Waals surface area contributed by atoms with Gasteiger partial charge in [-0.15, -0.1) is 0 Å². The lowest BCUT2D eigenvalue weighted by Gasteiger charge is -2.11. The molecule has 19 heavy (non-hydrogen) atoms. The Morgan fingerprint density at radius 2 is 2.11 bits per heavy atom. The highest BCUT2D eigenvalue weighted by Crippen LogP contribution is 2.16. The Kier molecular flexibility index (Phi) is 4.48. The molecule has 1 rings (SSSR count). The maximum Gasteiger partial charge on any atom is 0.328 e. The van der Waals surface area contributed by atoms with Crippen molar-refractivity contribution in [2.24, 2.45) is 0 Å². The van der Waals surface area contributed by atoms with Gasteiger partial charge in [-0.25, -0.2) is 9.18 Å². The molecule has 1 amide bonds. The number of nitrogens with zero attached hydrogens (tertiary/aromatic N) is 1. The Hall–Kier alpha value is -2.55. The number of carbonyl (C=O) groups is 2. The van der Waals surface area contributed by atoms with Gasteiger partial charge in [0.2, 0.25) is 0 Å². The number of nitrogens with one attached hydrogen (secondary N) is 1. The summed E-state index contributed by atoms with van der Waals surface area (Å²) in [6.07, 6.45) is 0. The molecule has 3 N–H and O–H groups in total. The zero-order valence-electron chi connectivity index (χ0n) is 9.37. The number of rotatable bonds is 5. The molecule has 102 valence electrons. The van der Waals surface area contributed by atoms with Crippen molar-refractivity contribution in [1.82, 2.24) is 5.32 Å². The molecule has 0 aliphatic rings. The van der Waals surface area contributed by atoms with Gasteiger partial charge in [0.1, 0.15) is 5.82 Å². The molecule has 8 nitrogen and oxygen atoms in total. The summed E-state index contributed by atoms with van der Waals surface area (Å²) in [5.41, 5.74) is -1.18. The van der Waals surface area contributed by atoms with Crippen LogP contribution in [-0.4, -0.2) is 39.7 Å². The minimum Gasteiger partial charge on any atom is -0.480 e. The summed E-state index contributed by atoms with van der Waals surface area (Å²) in [5, 5.41) is 29.6. The second kappa shape index (κ2) is 5.87. The Bertz CT molecular complexity index is 533. The Labute approximate surface area is 105 Å². The van der Waals surface area contributed by atoms with E-state index in [0.29, 0.717) is 6.07 Å². The van der Waals surface area contributed by atoms with E-state index in [1.165, 1.54) is 0 Å². The number of benzene rings is 1. The maximum atomic E-state index is 13.3. The zero-order valence-corrected chi connectivity index (χ0v) is 9.37. The van der Waals surface area contributed by atoms with Crippen LogP contribution in [0.15, 0.2) is 18.2 Å². The van der Waals surface area contributed by atoms with E-state index in [9.17, 15) is 24.1 Å². The average Bonchev–Trinajstić information content (AvgIpc) is 2.35. The number of nitro benzene ring substituents is 1. The monoisotopic (exact) mass is 272 g/mol. The first kappa shape index (κ1) is 14.5. The Morgan fingerprint density at radius 1 is 1.47 bits per heavy atom. The van der Waals surface area contributed by atoms with Gasteiger partial charge in [-0.3, -0.25) is 14.9 Å². The van der Waals surface area contributed by atoms with Crippen molar-refractivity contribution in [3.8, 4) is 0 Å². The van der Waals surface area contributed by atoms with E-state index >= 15 is 0 Å². The second-order valence-electron chi connectivity index (χ2n) is 3.47. The maximum absolute atomic E-state index is 13.3. The molecule has 0 aromatic heterocycles. The quantitative estimate of drug-likeness (QED) is 0.507. The highest BCUT2D eigenvalue weighted by Gasteiger charge is 2.23. The first-order chi connectivity index (χ1) is 8.86. The van der Waals surface area contributed by atoms with Crippen molar-refractivity contribution in [2.75, 3.05) is 6.61 Å². The van der Waals surface area contributed by atoms with Crippen molar-refractivity contribution in [2.45, 2.75) is 6.04 Å². The highest BCUT2D eigenvalue weighted by atomic mass is 19.1. The van der Waals surface area contributed by atoms with E-state index in [4.69, 9.17) is 10.2 Å². The first-order valence-corrected chi connectivity index (χ1v) is 4.95. The van der Waals surface area contributed by atoms with E-state index in [0.717, 1.165) is 12.1 Å². The molecule has 0 aliphatic heterocycles. The van der Waals surface area contributed by atoms with Gasteiger partial charge in [0.25, 0.3) is 11.6 Å². The molecule has 0 saturated carbocycles. The number of halogens is 1. The molecular weight excluding hydrogens is 263 g/mol. The third-order valence-corrected chi connectivity index (χ3v) is 2.19. The van der Waals surface area contributed by atoms with E-state index in [1.54, 1.807) is 0 Å². The van der Waals surface area contributed by atoms with Gasteiger partial charge in [-0.2, -0.15) is 0 Å². The highest BCUT2D eigenvalue weighted by molar-refractivity contribution is 5.97. The van der Waals surface area contributed by atoms with Crippen LogP contribution in [0.2, 0.25) is 0 Å². The number of carboxylic acids is 1. The van der Waals surface area contributed by atoms with Crippen molar-refractivity contribution in [3.05, 3.63) is 39.7 Å². The standard InChI is InChI=1S/C10H9FN2O6/c11-7-2-1-5(13(18)19)3-6(7)9(15)12-8(4-14)10(16)17/h1-3,8,14H,4H2,(H,12,15)(H,16,17)/t8-/m0/s1. The third kappa shape index (κ3) is 3.45. The number of hydrogen-bond donors (Lipinski definition) is 3. The number of nitro groups is 1. The zero-order chi connectivity index (χ0) is 14.6. The molecule has 0 unspecified atom stereocenters. The van der Waals surface area contributed by atoms with Gasteiger partial charge in [0.05, 0.1) is 17.1 Å². The topological polar surface area (TPSA) is 130 Å². The number of carbonyl (C=O) groups excluding carboxylic acids is 1. The van der Waals surface area contributed by atoms with E-state index < -0.39 is 46.5 Å². The van der Waals surface area contributed by atoms with Gasteiger partial charge in [0, 0.05) is 12.1 Å². The van der Waals surface area contributed by atoms with Crippen molar-refractivity contribution in [1.29, 1.82) is 0 Å². The van der Waals surface area contributed by atoms with Crippen LogP contribution in [-0.2, 0) is 4.79 Å². The fourth-order valence-corrected chi connectivity index (χ4v) is 1.22. The number of carboxylic acid groups (broad SMARTS) is 1. The van der Waals surface area contributed by atoms with Crippen LogP contribution < -0.4 is 5.32 Å². The van der Waals surface area contributed by atoms with Crippen LogP contribution in [0.4, 0.5) is 10.1 Å². The van der Waals surface area contributed by atoms with Gasteiger partial charge < -0.3 is 15.5 Å². The molecular formula is C10H9FN2O6. The summed E-state index contributed by atoms with van der Waals surface area (Å²) in [6.45, 7) is -0.891. The van der Waals surface area contributed by atoms with Gasteiger partial charge >= 0.3 is 5.97 Å². The van der Waals surface area contributed by atoms with E-state index in [2.05, 4.69) is 0 Å². The molecule has 0 bridgehead atoms. The minimum atomic E-state index is -1.62. The Balaban J connectivity index is 3.02. The van der Waals surface area contributed by atoms with Crippen LogP contribution in [0.3, 0.4) is 0 Å². The summed E-state index contributed by atoms with van der Waals surface area (Å²) in [6, 6.07) is 0.654. The normalized spacial score (nSPS) is 11.7. The fraction of sp³-hybridized carbons (Fsp3) is 0.200. The van der Waals surface area contributed by atoms with Crippen LogP contribution in [0.1, 0.15) is 10.4 Å². The fourth-order valence-electron chi connectivity index (χ4n) is 1.22. The van der Waals surface area contributed by atoms with Crippen LogP contribution >= 0.6 is 0 Å². The number of aliphatic hydroxyl groups excluding tert-OH is 1. The molecule has 9 heteroatoms. The molecule has 0 aliphatic carbocycles. The minimum absolute atomic E-state index is 0.512. The van der Waals surface area contributed by atoms with Gasteiger partial charge in [-0.1, -0.05) is 0 Å². The molecule has 0 fully saturated rings. The third-order valence-electron chi connectivity index (χ3n) is 2.19. The molecule has 1 aromatic rings. The summed E-state index contributed by atoms with van der Waals surface area (Å²) in [5.74, 6) is -3.71. The molecule has 0 spiro atoms. The van der Waals surface area contributed by atoms with Crippen LogP contribution in [0, 0.1) is 15.9 Å².